The van der Waals surface area contributed by atoms with E-state index in [9.17, 15) is 0 Å². The van der Waals surface area contributed by atoms with Crippen LogP contribution < -0.4 is 0 Å². The average molecular weight is 334 g/mol. The number of hydrogen-bond acceptors (Lipinski definition) is 3. The van der Waals surface area contributed by atoms with E-state index in [1.807, 2.05) is 13.8 Å². The van der Waals surface area contributed by atoms with E-state index in [-0.39, 0.29) is 5.60 Å². The van der Waals surface area contributed by atoms with Gasteiger partial charge in [-0.2, -0.15) is 0 Å². The van der Waals surface area contributed by atoms with E-state index >= 15 is 0 Å². The Morgan fingerprint density at radius 2 is 1.94 bits per heavy atom. The van der Waals surface area contributed by atoms with Crippen LogP contribution >= 0.6 is 27.5 Å². The first-order chi connectivity index (χ1) is 8.59. The molecule has 1 aliphatic carbocycles. The number of hydrogen-bond donors (Lipinski definition) is 0. The average Bonchev–Trinajstić information content (AvgIpc) is 2.37. The number of halogens is 2. The van der Waals surface area contributed by atoms with E-state index in [2.05, 4.69) is 25.9 Å². The van der Waals surface area contributed by atoms with Gasteiger partial charge in [0.05, 0.1) is 10.2 Å². The van der Waals surface area contributed by atoms with Gasteiger partial charge in [-0.3, -0.25) is 0 Å². The van der Waals surface area contributed by atoms with Crippen LogP contribution in [0.4, 0.5) is 0 Å². The van der Waals surface area contributed by atoms with Crippen molar-refractivity contribution >= 4 is 27.5 Å². The third kappa shape index (κ3) is 2.70. The first kappa shape index (κ1) is 14.2. The van der Waals surface area contributed by atoms with Crippen molar-refractivity contribution < 1.29 is 4.74 Å². The molecule has 5 heteroatoms. The lowest BCUT2D eigenvalue weighted by molar-refractivity contribution is -0.0768. The zero-order valence-corrected chi connectivity index (χ0v) is 13.1. The molecule has 0 amide bonds. The molecule has 0 bridgehead atoms. The smallest absolute Gasteiger partial charge is 0.162 e. The molecule has 2 rings (SSSR count). The summed E-state index contributed by atoms with van der Waals surface area (Å²) >= 11 is 9.54. The molecule has 1 aromatic rings. The van der Waals surface area contributed by atoms with E-state index in [0.29, 0.717) is 11.8 Å². The third-order valence-electron chi connectivity index (χ3n) is 3.47. The molecule has 1 heterocycles. The van der Waals surface area contributed by atoms with E-state index in [0.717, 1.165) is 41.7 Å². The molecule has 1 saturated carbocycles. The molecular formula is C13H18BrClN2O. The molecule has 0 atom stereocenters. The van der Waals surface area contributed by atoms with Gasteiger partial charge in [-0.1, -0.05) is 30.9 Å². The minimum Gasteiger partial charge on any atom is -0.367 e. The highest BCUT2D eigenvalue weighted by atomic mass is 79.9. The summed E-state index contributed by atoms with van der Waals surface area (Å²) in [7, 11) is 0. The molecule has 0 radical (unpaired) electrons. The van der Waals surface area contributed by atoms with Gasteiger partial charge >= 0.3 is 0 Å². The molecule has 0 unspecified atom stereocenters. The van der Waals surface area contributed by atoms with Crippen molar-refractivity contribution in [3.8, 4) is 0 Å². The summed E-state index contributed by atoms with van der Waals surface area (Å²) in [6.07, 6.45) is 5.56. The van der Waals surface area contributed by atoms with E-state index in [1.54, 1.807) is 0 Å². The molecule has 0 spiro atoms. The predicted octanol–water partition coefficient (Wildman–Crippen LogP) is 4.40. The lowest BCUT2D eigenvalue weighted by Crippen LogP contribution is -2.34. The molecule has 0 saturated heterocycles. The second kappa shape index (κ2) is 5.85. The highest BCUT2D eigenvalue weighted by molar-refractivity contribution is 9.10. The number of aromatic nitrogens is 2. The highest BCUT2D eigenvalue weighted by Gasteiger charge is 2.38. The van der Waals surface area contributed by atoms with Crippen LogP contribution in [0.15, 0.2) is 4.47 Å². The molecular weight excluding hydrogens is 316 g/mol. The Kier molecular flexibility index (Phi) is 4.62. The number of rotatable bonds is 3. The van der Waals surface area contributed by atoms with E-state index in [4.69, 9.17) is 16.3 Å². The van der Waals surface area contributed by atoms with Crippen LogP contribution in [0, 0.1) is 6.92 Å². The minimum atomic E-state index is -0.331. The Morgan fingerprint density at radius 3 is 2.50 bits per heavy atom. The summed E-state index contributed by atoms with van der Waals surface area (Å²) in [5, 5.41) is 0.474. The Hall–Kier alpha value is -0.190. The molecule has 1 aliphatic rings. The normalized spacial score (nSPS) is 18.9. The van der Waals surface area contributed by atoms with Crippen molar-refractivity contribution in [2.24, 2.45) is 0 Å². The number of aryl methyl sites for hydroxylation is 1. The second-order valence-corrected chi connectivity index (χ2v) is 5.88. The fourth-order valence-corrected chi connectivity index (χ4v) is 2.95. The zero-order valence-electron chi connectivity index (χ0n) is 10.8. The molecule has 18 heavy (non-hydrogen) atoms. The molecule has 1 aromatic heterocycles. The lowest BCUT2D eigenvalue weighted by Gasteiger charge is -2.35. The fourth-order valence-electron chi connectivity index (χ4n) is 2.56. The van der Waals surface area contributed by atoms with Gasteiger partial charge < -0.3 is 4.74 Å². The van der Waals surface area contributed by atoms with Crippen molar-refractivity contribution in [3.05, 3.63) is 21.1 Å². The molecule has 0 aliphatic heterocycles. The van der Waals surface area contributed by atoms with Gasteiger partial charge in [-0.15, -0.1) is 0 Å². The van der Waals surface area contributed by atoms with Crippen molar-refractivity contribution in [1.82, 2.24) is 9.97 Å². The monoisotopic (exact) mass is 332 g/mol. The summed E-state index contributed by atoms with van der Waals surface area (Å²) in [4.78, 5) is 9.01. The van der Waals surface area contributed by atoms with Crippen LogP contribution in [-0.4, -0.2) is 16.6 Å². The van der Waals surface area contributed by atoms with Crippen molar-refractivity contribution in [2.75, 3.05) is 6.61 Å². The van der Waals surface area contributed by atoms with Crippen molar-refractivity contribution in [1.29, 1.82) is 0 Å². The second-order valence-electron chi connectivity index (χ2n) is 4.73. The summed E-state index contributed by atoms with van der Waals surface area (Å²) < 4.78 is 6.78. The first-order valence-electron chi connectivity index (χ1n) is 6.43. The number of ether oxygens (including phenoxy) is 1. The van der Waals surface area contributed by atoms with Gasteiger partial charge in [-0.05, 0) is 42.6 Å². The van der Waals surface area contributed by atoms with Crippen LogP contribution in [-0.2, 0) is 10.3 Å². The van der Waals surface area contributed by atoms with Crippen LogP contribution in [0.3, 0.4) is 0 Å². The van der Waals surface area contributed by atoms with E-state index in [1.165, 1.54) is 6.42 Å². The summed E-state index contributed by atoms with van der Waals surface area (Å²) in [6, 6.07) is 0. The molecule has 0 N–H and O–H groups in total. The van der Waals surface area contributed by atoms with Crippen LogP contribution in [0.2, 0.25) is 5.15 Å². The Bertz CT molecular complexity index is 404. The highest BCUT2D eigenvalue weighted by Crippen LogP contribution is 2.40. The van der Waals surface area contributed by atoms with Gasteiger partial charge in [0, 0.05) is 6.61 Å². The van der Waals surface area contributed by atoms with Crippen LogP contribution in [0.1, 0.15) is 50.5 Å². The van der Waals surface area contributed by atoms with E-state index < -0.39 is 0 Å². The van der Waals surface area contributed by atoms with Crippen molar-refractivity contribution in [2.45, 2.75) is 51.6 Å². The quantitative estimate of drug-likeness (QED) is 0.769. The minimum absolute atomic E-state index is 0.331. The van der Waals surface area contributed by atoms with Gasteiger partial charge in [-0.25, -0.2) is 9.97 Å². The van der Waals surface area contributed by atoms with Crippen LogP contribution in [0.25, 0.3) is 0 Å². The lowest BCUT2D eigenvalue weighted by atomic mass is 9.84. The van der Waals surface area contributed by atoms with Crippen LogP contribution in [0.5, 0.6) is 0 Å². The molecule has 0 aromatic carbocycles. The largest absolute Gasteiger partial charge is 0.367 e. The van der Waals surface area contributed by atoms with Gasteiger partial charge in [0.25, 0.3) is 0 Å². The maximum atomic E-state index is 6.15. The van der Waals surface area contributed by atoms with Crippen molar-refractivity contribution in [3.63, 3.8) is 0 Å². The third-order valence-corrected chi connectivity index (χ3v) is 4.92. The predicted molar refractivity (Wildman–Crippen MR) is 75.9 cm³/mol. The Labute approximate surface area is 121 Å². The molecule has 3 nitrogen and oxygen atoms in total. The maximum Gasteiger partial charge on any atom is 0.162 e. The fraction of sp³-hybridized carbons (Fsp3) is 0.692. The van der Waals surface area contributed by atoms with Gasteiger partial charge in [0.2, 0.25) is 0 Å². The molecule has 1 fully saturated rings. The summed E-state index contributed by atoms with van der Waals surface area (Å²) in [5.41, 5.74) is 0.539. The van der Waals surface area contributed by atoms with Gasteiger partial charge in [0.1, 0.15) is 10.8 Å². The Balaban J connectivity index is 2.42. The maximum absolute atomic E-state index is 6.15. The standard InChI is InChI=1S/C13H18BrClN2O/c1-3-18-13(7-5-4-6-8-13)12-16-9(2)10(14)11(15)17-12/h3-8H2,1-2H3. The first-order valence-corrected chi connectivity index (χ1v) is 7.60. The SMILES string of the molecule is CCOC1(c2nc(C)c(Br)c(Cl)n2)CCCCC1. The summed E-state index contributed by atoms with van der Waals surface area (Å²) in [5.74, 6) is 0.745. The summed E-state index contributed by atoms with van der Waals surface area (Å²) in [6.45, 7) is 4.63. The van der Waals surface area contributed by atoms with Gasteiger partial charge in [0.15, 0.2) is 5.82 Å². The number of nitrogens with zero attached hydrogens (tertiary/aromatic N) is 2. The topological polar surface area (TPSA) is 35.0 Å². The molecule has 100 valence electrons. The zero-order chi connectivity index (χ0) is 13.2. The Morgan fingerprint density at radius 1 is 1.28 bits per heavy atom.